The molecule has 0 bridgehead atoms. The van der Waals surface area contributed by atoms with Crippen molar-refractivity contribution in [2.24, 2.45) is 4.99 Å². The molecule has 0 aromatic heterocycles. The first-order valence-corrected chi connectivity index (χ1v) is 6.31. The van der Waals surface area contributed by atoms with Gasteiger partial charge in [-0.25, -0.2) is 4.79 Å². The number of rotatable bonds is 4. The molecule has 0 fully saturated rings. The lowest BCUT2D eigenvalue weighted by molar-refractivity contribution is 0.102. The first-order chi connectivity index (χ1) is 9.74. The Morgan fingerprint density at radius 1 is 1.15 bits per heavy atom. The third kappa shape index (κ3) is 3.19. The van der Waals surface area contributed by atoms with Gasteiger partial charge >= 0.3 is 0 Å². The number of hydrogen-bond acceptors (Lipinski definition) is 3. The highest BCUT2D eigenvalue weighted by Gasteiger charge is 2.10. The van der Waals surface area contributed by atoms with E-state index in [1.807, 2.05) is 24.3 Å². The van der Waals surface area contributed by atoms with Gasteiger partial charge in [-0.3, -0.25) is 4.79 Å². The van der Waals surface area contributed by atoms with Gasteiger partial charge in [-0.2, -0.15) is 4.99 Å². The summed E-state index contributed by atoms with van der Waals surface area (Å²) < 4.78 is 0. The number of amides is 1. The minimum atomic E-state index is -0.302. The van der Waals surface area contributed by atoms with Gasteiger partial charge in [-0.1, -0.05) is 31.2 Å². The molecule has 0 unspecified atom stereocenters. The van der Waals surface area contributed by atoms with Crippen LogP contribution in [0.25, 0.3) is 0 Å². The summed E-state index contributed by atoms with van der Waals surface area (Å²) in [5, 5.41) is 2.78. The third-order valence-electron chi connectivity index (χ3n) is 2.93. The quantitative estimate of drug-likeness (QED) is 0.680. The van der Waals surface area contributed by atoms with Crippen molar-refractivity contribution in [3.63, 3.8) is 0 Å². The highest BCUT2D eigenvalue weighted by atomic mass is 16.1. The van der Waals surface area contributed by atoms with Crippen LogP contribution in [0.4, 0.5) is 11.4 Å². The topological polar surface area (TPSA) is 58.5 Å². The largest absolute Gasteiger partial charge is 0.322 e. The van der Waals surface area contributed by atoms with Crippen molar-refractivity contribution in [3.8, 4) is 0 Å². The molecule has 0 spiro atoms. The van der Waals surface area contributed by atoms with Gasteiger partial charge in [-0.15, -0.1) is 0 Å². The fourth-order valence-electron chi connectivity index (χ4n) is 1.83. The van der Waals surface area contributed by atoms with Crippen LogP contribution >= 0.6 is 0 Å². The molecule has 0 aliphatic rings. The van der Waals surface area contributed by atoms with Crippen LogP contribution in [0.5, 0.6) is 0 Å². The molecule has 4 heteroatoms. The number of hydrogen-bond donors (Lipinski definition) is 1. The van der Waals surface area contributed by atoms with Crippen LogP contribution in [-0.2, 0) is 11.2 Å². The Morgan fingerprint density at radius 2 is 1.85 bits per heavy atom. The first-order valence-electron chi connectivity index (χ1n) is 6.31. The SMILES string of the molecule is CCc1ccc(NC(=O)c2ccccc2N=C=O)cc1. The van der Waals surface area contributed by atoms with Gasteiger partial charge in [0, 0.05) is 5.69 Å². The Morgan fingerprint density at radius 3 is 2.50 bits per heavy atom. The van der Waals surface area contributed by atoms with Crippen LogP contribution in [0.2, 0.25) is 0 Å². The minimum Gasteiger partial charge on any atom is -0.322 e. The average Bonchev–Trinajstić information content (AvgIpc) is 2.49. The number of anilines is 1. The predicted octanol–water partition coefficient (Wildman–Crippen LogP) is 3.47. The van der Waals surface area contributed by atoms with Crippen LogP contribution in [0, 0.1) is 0 Å². The Labute approximate surface area is 117 Å². The van der Waals surface area contributed by atoms with E-state index in [9.17, 15) is 9.59 Å². The summed E-state index contributed by atoms with van der Waals surface area (Å²) >= 11 is 0. The van der Waals surface area contributed by atoms with Gasteiger partial charge in [0.1, 0.15) is 0 Å². The molecule has 0 heterocycles. The molecule has 0 aliphatic carbocycles. The third-order valence-corrected chi connectivity index (χ3v) is 2.93. The summed E-state index contributed by atoms with van der Waals surface area (Å²) in [5.74, 6) is -0.302. The van der Waals surface area contributed by atoms with Crippen molar-refractivity contribution in [2.75, 3.05) is 5.32 Å². The van der Waals surface area contributed by atoms with Crippen LogP contribution in [0.3, 0.4) is 0 Å². The van der Waals surface area contributed by atoms with Crippen molar-refractivity contribution in [2.45, 2.75) is 13.3 Å². The monoisotopic (exact) mass is 266 g/mol. The van der Waals surface area contributed by atoms with E-state index in [1.54, 1.807) is 24.3 Å². The minimum absolute atomic E-state index is 0.302. The van der Waals surface area contributed by atoms with Gasteiger partial charge in [0.05, 0.1) is 11.3 Å². The lowest BCUT2D eigenvalue weighted by atomic mass is 10.1. The Kier molecular flexibility index (Phi) is 4.43. The summed E-state index contributed by atoms with van der Waals surface area (Å²) in [6.45, 7) is 2.07. The Bertz CT molecular complexity index is 656. The van der Waals surface area contributed by atoms with Gasteiger partial charge in [0.25, 0.3) is 5.91 Å². The number of benzene rings is 2. The average molecular weight is 266 g/mol. The van der Waals surface area contributed by atoms with E-state index in [0.29, 0.717) is 16.9 Å². The molecule has 0 atom stereocenters. The van der Waals surface area contributed by atoms with Crippen molar-refractivity contribution >= 4 is 23.4 Å². The fraction of sp³-hybridized carbons (Fsp3) is 0.125. The molecule has 4 nitrogen and oxygen atoms in total. The number of aryl methyl sites for hydroxylation is 1. The summed E-state index contributed by atoms with van der Waals surface area (Å²) in [5.41, 5.74) is 2.56. The summed E-state index contributed by atoms with van der Waals surface area (Å²) in [6, 6.07) is 14.3. The summed E-state index contributed by atoms with van der Waals surface area (Å²) in [4.78, 5) is 26.0. The molecule has 100 valence electrons. The number of carbonyl (C=O) groups is 1. The van der Waals surface area contributed by atoms with E-state index >= 15 is 0 Å². The number of isocyanates is 1. The molecular formula is C16H14N2O2. The van der Waals surface area contributed by atoms with Crippen LogP contribution < -0.4 is 5.32 Å². The van der Waals surface area contributed by atoms with Gasteiger partial charge < -0.3 is 5.32 Å². The number of nitrogens with zero attached hydrogens (tertiary/aromatic N) is 1. The second-order valence-electron chi connectivity index (χ2n) is 4.22. The van der Waals surface area contributed by atoms with E-state index in [1.165, 1.54) is 11.6 Å². The molecule has 0 saturated heterocycles. The zero-order valence-corrected chi connectivity index (χ0v) is 11.1. The summed E-state index contributed by atoms with van der Waals surface area (Å²) in [7, 11) is 0. The zero-order chi connectivity index (χ0) is 14.4. The smallest absolute Gasteiger partial charge is 0.257 e. The Hall–Kier alpha value is -2.71. The van der Waals surface area contributed by atoms with Crippen molar-refractivity contribution in [1.82, 2.24) is 0 Å². The van der Waals surface area contributed by atoms with E-state index in [0.717, 1.165) is 6.42 Å². The second kappa shape index (κ2) is 6.45. The molecule has 0 saturated carbocycles. The maximum Gasteiger partial charge on any atom is 0.257 e. The molecule has 1 N–H and O–H groups in total. The van der Waals surface area contributed by atoms with Crippen LogP contribution in [0.1, 0.15) is 22.8 Å². The van der Waals surface area contributed by atoms with Gasteiger partial charge in [0.15, 0.2) is 0 Å². The van der Waals surface area contributed by atoms with E-state index in [2.05, 4.69) is 17.2 Å². The van der Waals surface area contributed by atoms with Crippen LogP contribution in [-0.4, -0.2) is 12.0 Å². The molecule has 0 aliphatic heterocycles. The zero-order valence-electron chi connectivity index (χ0n) is 11.1. The number of aliphatic imine (C=N–C) groups is 1. The standard InChI is InChI=1S/C16H14N2O2/c1-2-12-7-9-13(10-8-12)18-16(20)14-5-3-4-6-15(14)17-11-19/h3-10H,2H2,1H3,(H,18,20). The second-order valence-corrected chi connectivity index (χ2v) is 4.22. The van der Waals surface area contributed by atoms with E-state index < -0.39 is 0 Å². The normalized spacial score (nSPS) is 9.65. The molecule has 1 amide bonds. The summed E-state index contributed by atoms with van der Waals surface area (Å²) in [6.07, 6.45) is 2.40. The lowest BCUT2D eigenvalue weighted by Gasteiger charge is -2.07. The van der Waals surface area contributed by atoms with Crippen molar-refractivity contribution in [1.29, 1.82) is 0 Å². The van der Waals surface area contributed by atoms with Crippen LogP contribution in [0.15, 0.2) is 53.5 Å². The molecule has 20 heavy (non-hydrogen) atoms. The number of para-hydroxylation sites is 1. The first kappa shape index (κ1) is 13.7. The molecule has 2 rings (SSSR count). The number of carbonyl (C=O) groups excluding carboxylic acids is 2. The molecule has 0 radical (unpaired) electrons. The molecule has 2 aromatic carbocycles. The van der Waals surface area contributed by atoms with Crippen molar-refractivity contribution in [3.05, 3.63) is 59.7 Å². The highest BCUT2D eigenvalue weighted by Crippen LogP contribution is 2.20. The lowest BCUT2D eigenvalue weighted by Crippen LogP contribution is -2.12. The molecular weight excluding hydrogens is 252 g/mol. The van der Waals surface area contributed by atoms with Gasteiger partial charge in [-0.05, 0) is 36.2 Å². The van der Waals surface area contributed by atoms with Gasteiger partial charge in [0.2, 0.25) is 6.08 Å². The number of nitrogens with one attached hydrogen (secondary N) is 1. The fourth-order valence-corrected chi connectivity index (χ4v) is 1.83. The Balaban J connectivity index is 2.21. The predicted molar refractivity (Wildman–Crippen MR) is 78.0 cm³/mol. The maximum absolute atomic E-state index is 12.2. The highest BCUT2D eigenvalue weighted by molar-refractivity contribution is 6.07. The van der Waals surface area contributed by atoms with Crippen molar-refractivity contribution < 1.29 is 9.59 Å². The van der Waals surface area contributed by atoms with E-state index in [4.69, 9.17) is 0 Å². The molecule has 2 aromatic rings. The maximum atomic E-state index is 12.2. The van der Waals surface area contributed by atoms with E-state index in [-0.39, 0.29) is 5.91 Å².